The van der Waals surface area contributed by atoms with Gasteiger partial charge in [-0.3, -0.25) is 0 Å². The number of benzene rings is 1. The third kappa shape index (κ3) is 4.51. The first-order valence-electron chi connectivity index (χ1n) is 8.11. The van der Waals surface area contributed by atoms with Crippen LogP contribution in [0.1, 0.15) is 5.56 Å². The van der Waals surface area contributed by atoms with Crippen molar-refractivity contribution in [1.82, 2.24) is 15.0 Å². The second-order valence-electron chi connectivity index (χ2n) is 5.56. The Morgan fingerprint density at radius 3 is 2.68 bits per heavy atom. The lowest BCUT2D eigenvalue weighted by Crippen LogP contribution is -2.08. The summed E-state index contributed by atoms with van der Waals surface area (Å²) in [5, 5.41) is 6.45. The molecule has 25 heavy (non-hydrogen) atoms. The number of anilines is 3. The van der Waals surface area contributed by atoms with Crippen LogP contribution in [-0.2, 0) is 4.74 Å². The van der Waals surface area contributed by atoms with Crippen LogP contribution in [-0.4, -0.2) is 35.2 Å². The van der Waals surface area contributed by atoms with Gasteiger partial charge in [-0.05, 0) is 36.8 Å². The summed E-state index contributed by atoms with van der Waals surface area (Å²) in [6, 6.07) is 13.8. The molecule has 2 aromatic heterocycles. The zero-order chi connectivity index (χ0) is 17.5. The van der Waals surface area contributed by atoms with E-state index < -0.39 is 0 Å². The number of nitrogens with one attached hydrogen (secondary N) is 2. The van der Waals surface area contributed by atoms with Crippen LogP contribution in [0, 0.1) is 6.92 Å². The van der Waals surface area contributed by atoms with Crippen molar-refractivity contribution in [3.05, 3.63) is 60.4 Å². The maximum atomic E-state index is 5.01. The number of rotatable bonds is 7. The van der Waals surface area contributed by atoms with Crippen LogP contribution in [0.4, 0.5) is 17.5 Å². The number of aryl methyl sites for hydroxylation is 1. The predicted molar refractivity (Wildman–Crippen MR) is 100 cm³/mol. The first kappa shape index (κ1) is 16.9. The van der Waals surface area contributed by atoms with Gasteiger partial charge in [0.15, 0.2) is 0 Å². The van der Waals surface area contributed by atoms with Crippen molar-refractivity contribution in [2.75, 3.05) is 30.9 Å². The van der Waals surface area contributed by atoms with Gasteiger partial charge < -0.3 is 15.4 Å². The van der Waals surface area contributed by atoms with E-state index in [-0.39, 0.29) is 0 Å². The van der Waals surface area contributed by atoms with Gasteiger partial charge in [-0.2, -0.15) is 0 Å². The van der Waals surface area contributed by atoms with E-state index in [4.69, 9.17) is 4.74 Å². The molecular formula is C19H21N5O. The van der Waals surface area contributed by atoms with Crippen LogP contribution in [0.15, 0.2) is 54.9 Å². The summed E-state index contributed by atoms with van der Waals surface area (Å²) in [5.74, 6) is 1.38. The molecular weight excluding hydrogens is 314 g/mol. The SMILES string of the molecule is COCCNc1ccc(-c2ccnc(Nc3ccccc3C)n2)cn1. The average molecular weight is 335 g/mol. The Hall–Kier alpha value is -2.99. The molecule has 0 aliphatic heterocycles. The molecule has 0 aliphatic carbocycles. The van der Waals surface area contributed by atoms with Gasteiger partial charge in [-0.25, -0.2) is 15.0 Å². The Morgan fingerprint density at radius 2 is 1.92 bits per heavy atom. The lowest BCUT2D eigenvalue weighted by molar-refractivity contribution is 0.210. The molecule has 0 saturated heterocycles. The minimum Gasteiger partial charge on any atom is -0.383 e. The van der Waals surface area contributed by atoms with Crippen LogP contribution in [0.3, 0.4) is 0 Å². The molecule has 3 aromatic rings. The fraction of sp³-hybridized carbons (Fsp3) is 0.211. The van der Waals surface area contributed by atoms with Crippen LogP contribution < -0.4 is 10.6 Å². The van der Waals surface area contributed by atoms with Crippen LogP contribution in [0.2, 0.25) is 0 Å². The molecule has 0 bridgehead atoms. The van der Waals surface area contributed by atoms with Crippen molar-refractivity contribution in [2.45, 2.75) is 6.92 Å². The highest BCUT2D eigenvalue weighted by Gasteiger charge is 2.05. The zero-order valence-electron chi connectivity index (χ0n) is 14.4. The Labute approximate surface area is 147 Å². The highest BCUT2D eigenvalue weighted by atomic mass is 16.5. The quantitative estimate of drug-likeness (QED) is 0.642. The Bertz CT molecular complexity index is 820. The predicted octanol–water partition coefficient (Wildman–Crippen LogP) is 3.65. The molecule has 0 atom stereocenters. The maximum Gasteiger partial charge on any atom is 0.227 e. The molecule has 6 nitrogen and oxygen atoms in total. The first-order valence-corrected chi connectivity index (χ1v) is 8.11. The van der Waals surface area contributed by atoms with Crippen molar-refractivity contribution < 1.29 is 4.74 Å². The van der Waals surface area contributed by atoms with Crippen LogP contribution in [0.5, 0.6) is 0 Å². The maximum absolute atomic E-state index is 5.01. The molecule has 2 N–H and O–H groups in total. The molecule has 0 unspecified atom stereocenters. The summed E-state index contributed by atoms with van der Waals surface area (Å²) >= 11 is 0. The van der Waals surface area contributed by atoms with Gasteiger partial charge in [-0.15, -0.1) is 0 Å². The van der Waals surface area contributed by atoms with E-state index in [1.165, 1.54) is 0 Å². The second kappa shape index (κ2) is 8.21. The number of para-hydroxylation sites is 1. The minimum absolute atomic E-state index is 0.564. The van der Waals surface area contributed by atoms with E-state index in [2.05, 4.69) is 25.6 Å². The molecule has 128 valence electrons. The molecule has 0 aliphatic rings. The molecule has 0 spiro atoms. The smallest absolute Gasteiger partial charge is 0.227 e. The molecule has 1 aromatic carbocycles. The fourth-order valence-corrected chi connectivity index (χ4v) is 2.34. The van der Waals surface area contributed by atoms with Gasteiger partial charge in [-0.1, -0.05) is 18.2 Å². The summed E-state index contributed by atoms with van der Waals surface area (Å²) in [7, 11) is 1.68. The van der Waals surface area contributed by atoms with Crippen molar-refractivity contribution in [3.8, 4) is 11.3 Å². The first-order chi connectivity index (χ1) is 12.3. The van der Waals surface area contributed by atoms with Crippen molar-refractivity contribution >= 4 is 17.5 Å². The summed E-state index contributed by atoms with van der Waals surface area (Å²) in [4.78, 5) is 13.3. The van der Waals surface area contributed by atoms with Gasteiger partial charge in [0.05, 0.1) is 12.3 Å². The molecule has 0 radical (unpaired) electrons. The molecule has 2 heterocycles. The summed E-state index contributed by atoms with van der Waals surface area (Å²) in [6.07, 6.45) is 3.54. The Balaban J connectivity index is 1.74. The molecule has 0 amide bonds. The van der Waals surface area contributed by atoms with E-state index in [1.807, 2.05) is 49.4 Å². The fourth-order valence-electron chi connectivity index (χ4n) is 2.34. The van der Waals surface area contributed by atoms with Crippen molar-refractivity contribution in [2.24, 2.45) is 0 Å². The van der Waals surface area contributed by atoms with Crippen LogP contribution in [0.25, 0.3) is 11.3 Å². The number of hydrogen-bond donors (Lipinski definition) is 2. The lowest BCUT2D eigenvalue weighted by Gasteiger charge is -2.09. The molecule has 0 saturated carbocycles. The Kier molecular flexibility index (Phi) is 5.53. The standard InChI is InChI=1S/C19H21N5O/c1-14-5-3-4-6-16(14)23-19-21-10-9-17(24-19)15-7-8-18(22-13-15)20-11-12-25-2/h3-10,13H,11-12H2,1-2H3,(H,20,22)(H,21,23,24). The van der Waals surface area contributed by atoms with E-state index in [9.17, 15) is 0 Å². The van der Waals surface area contributed by atoms with Crippen molar-refractivity contribution in [3.63, 3.8) is 0 Å². The molecule has 3 rings (SSSR count). The van der Waals surface area contributed by atoms with E-state index in [0.717, 1.165) is 34.9 Å². The number of ether oxygens (including phenoxy) is 1. The van der Waals surface area contributed by atoms with Gasteiger partial charge >= 0.3 is 0 Å². The van der Waals surface area contributed by atoms with Gasteiger partial charge in [0.1, 0.15) is 5.82 Å². The molecule has 6 heteroatoms. The third-order valence-electron chi connectivity index (χ3n) is 3.72. The van der Waals surface area contributed by atoms with E-state index in [0.29, 0.717) is 12.6 Å². The minimum atomic E-state index is 0.564. The highest BCUT2D eigenvalue weighted by molar-refractivity contribution is 5.63. The van der Waals surface area contributed by atoms with Gasteiger partial charge in [0.2, 0.25) is 5.95 Å². The summed E-state index contributed by atoms with van der Waals surface area (Å²) in [5.41, 5.74) is 3.90. The third-order valence-corrected chi connectivity index (χ3v) is 3.72. The topological polar surface area (TPSA) is 72.0 Å². The van der Waals surface area contributed by atoms with E-state index in [1.54, 1.807) is 19.5 Å². The number of methoxy groups -OCH3 is 1. The molecule has 0 fully saturated rings. The number of nitrogens with zero attached hydrogens (tertiary/aromatic N) is 3. The number of hydrogen-bond acceptors (Lipinski definition) is 6. The lowest BCUT2D eigenvalue weighted by atomic mass is 10.2. The zero-order valence-corrected chi connectivity index (χ0v) is 14.4. The highest BCUT2D eigenvalue weighted by Crippen LogP contribution is 2.21. The number of pyridine rings is 1. The average Bonchev–Trinajstić information content (AvgIpc) is 2.65. The summed E-state index contributed by atoms with van der Waals surface area (Å²) < 4.78 is 5.01. The Morgan fingerprint density at radius 1 is 1.04 bits per heavy atom. The van der Waals surface area contributed by atoms with E-state index >= 15 is 0 Å². The summed E-state index contributed by atoms with van der Waals surface area (Å²) in [6.45, 7) is 3.41. The van der Waals surface area contributed by atoms with Gasteiger partial charge in [0.25, 0.3) is 0 Å². The number of aromatic nitrogens is 3. The monoisotopic (exact) mass is 335 g/mol. The van der Waals surface area contributed by atoms with Crippen molar-refractivity contribution in [1.29, 1.82) is 0 Å². The normalized spacial score (nSPS) is 10.5. The largest absolute Gasteiger partial charge is 0.383 e. The van der Waals surface area contributed by atoms with Crippen LogP contribution >= 0.6 is 0 Å². The second-order valence-corrected chi connectivity index (χ2v) is 5.56. The van der Waals surface area contributed by atoms with Gasteiger partial charge in [0, 0.05) is 37.3 Å².